The third-order valence-corrected chi connectivity index (χ3v) is 5.99. The predicted octanol–water partition coefficient (Wildman–Crippen LogP) is 4.33. The first-order chi connectivity index (χ1) is 15.0. The molecule has 8 heteroatoms. The molecule has 1 fully saturated rings. The summed E-state index contributed by atoms with van der Waals surface area (Å²) >= 11 is 12.4. The Balaban J connectivity index is 1.48. The molecule has 1 aliphatic heterocycles. The quantitative estimate of drug-likeness (QED) is 0.492. The molecule has 0 radical (unpaired) electrons. The van der Waals surface area contributed by atoms with Crippen molar-refractivity contribution in [3.63, 3.8) is 0 Å². The zero-order valence-electron chi connectivity index (χ0n) is 17.0. The number of amides is 1. The van der Waals surface area contributed by atoms with Crippen molar-refractivity contribution in [1.82, 2.24) is 20.2 Å². The van der Waals surface area contributed by atoms with E-state index in [1.54, 1.807) is 18.2 Å². The molecular weight excluding hydrogens is 435 g/mol. The fraction of sp³-hybridized carbons (Fsp3) is 0.304. The largest absolute Gasteiger partial charge is 0.372 e. The molecule has 0 spiro atoms. The smallest absolute Gasteiger partial charge is 0.240 e. The van der Waals surface area contributed by atoms with Crippen LogP contribution >= 0.6 is 23.2 Å². The maximum atomic E-state index is 13.2. The lowest BCUT2D eigenvalue weighted by Crippen LogP contribution is -2.48. The molecule has 31 heavy (non-hydrogen) atoms. The normalized spacial score (nSPS) is 19.0. The van der Waals surface area contributed by atoms with Crippen LogP contribution < -0.4 is 5.32 Å². The SMILES string of the molecule is C=CCO[C@H]1CCN(Cc2ccc(Cl)cc2Cl)[C@@H]1C(=O)NCc1nc2ccccc2[nH]1. The van der Waals surface area contributed by atoms with Gasteiger partial charge in [-0.05, 0) is 36.2 Å². The summed E-state index contributed by atoms with van der Waals surface area (Å²) in [6.45, 7) is 5.68. The molecule has 2 atom stereocenters. The molecule has 4 rings (SSSR count). The fourth-order valence-electron chi connectivity index (χ4n) is 3.94. The van der Waals surface area contributed by atoms with Gasteiger partial charge in [0.25, 0.3) is 0 Å². The molecule has 2 heterocycles. The number of para-hydroxylation sites is 2. The lowest BCUT2D eigenvalue weighted by atomic mass is 10.1. The number of benzene rings is 2. The lowest BCUT2D eigenvalue weighted by Gasteiger charge is -2.27. The van der Waals surface area contributed by atoms with Gasteiger partial charge in [-0.1, -0.05) is 47.5 Å². The second-order valence-electron chi connectivity index (χ2n) is 7.52. The van der Waals surface area contributed by atoms with Crippen LogP contribution in [-0.4, -0.2) is 46.1 Å². The van der Waals surface area contributed by atoms with Gasteiger partial charge in [-0.2, -0.15) is 0 Å². The highest BCUT2D eigenvalue weighted by molar-refractivity contribution is 6.35. The van der Waals surface area contributed by atoms with Crippen molar-refractivity contribution in [2.24, 2.45) is 0 Å². The summed E-state index contributed by atoms with van der Waals surface area (Å²) in [4.78, 5) is 23.1. The summed E-state index contributed by atoms with van der Waals surface area (Å²) in [6.07, 6.45) is 2.23. The number of carbonyl (C=O) groups excluding carboxylic acids is 1. The van der Waals surface area contributed by atoms with Crippen LogP contribution in [0.1, 0.15) is 17.8 Å². The zero-order chi connectivity index (χ0) is 21.8. The van der Waals surface area contributed by atoms with Crippen LogP contribution in [0.25, 0.3) is 11.0 Å². The average molecular weight is 459 g/mol. The fourth-order valence-corrected chi connectivity index (χ4v) is 4.41. The first-order valence-corrected chi connectivity index (χ1v) is 10.9. The number of rotatable bonds is 8. The number of ether oxygens (including phenoxy) is 1. The van der Waals surface area contributed by atoms with Crippen molar-refractivity contribution >= 4 is 40.1 Å². The second kappa shape index (κ2) is 9.83. The Morgan fingerprint density at radius 2 is 2.16 bits per heavy atom. The van der Waals surface area contributed by atoms with Gasteiger partial charge in [0.15, 0.2) is 0 Å². The van der Waals surface area contributed by atoms with Crippen LogP contribution in [0.4, 0.5) is 0 Å². The van der Waals surface area contributed by atoms with Crippen molar-refractivity contribution < 1.29 is 9.53 Å². The van der Waals surface area contributed by atoms with Gasteiger partial charge < -0.3 is 15.0 Å². The average Bonchev–Trinajstić information content (AvgIpc) is 3.36. The summed E-state index contributed by atoms with van der Waals surface area (Å²) in [5, 5.41) is 4.19. The Morgan fingerprint density at radius 1 is 1.32 bits per heavy atom. The number of likely N-dealkylation sites (tertiary alicyclic amines) is 1. The number of hydrogen-bond acceptors (Lipinski definition) is 4. The number of halogens is 2. The molecule has 3 aromatic rings. The summed E-state index contributed by atoms with van der Waals surface area (Å²) in [7, 11) is 0. The first-order valence-electron chi connectivity index (χ1n) is 10.2. The van der Waals surface area contributed by atoms with Gasteiger partial charge in [0.05, 0.1) is 30.3 Å². The van der Waals surface area contributed by atoms with Crippen molar-refractivity contribution in [2.45, 2.75) is 31.7 Å². The molecule has 2 N–H and O–H groups in total. The minimum Gasteiger partial charge on any atom is -0.372 e. The molecule has 1 saturated heterocycles. The highest BCUT2D eigenvalue weighted by Gasteiger charge is 2.40. The maximum absolute atomic E-state index is 13.2. The van der Waals surface area contributed by atoms with Crippen LogP contribution in [0.2, 0.25) is 10.0 Å². The third-order valence-electron chi connectivity index (χ3n) is 5.40. The van der Waals surface area contributed by atoms with E-state index >= 15 is 0 Å². The number of nitrogens with one attached hydrogen (secondary N) is 2. The van der Waals surface area contributed by atoms with Gasteiger partial charge in [0.2, 0.25) is 5.91 Å². The standard InChI is InChI=1S/C23H24Cl2N4O2/c1-2-11-31-20-9-10-29(14-15-7-8-16(24)12-17(15)25)22(20)23(30)26-13-21-27-18-5-3-4-6-19(18)28-21/h2-8,12,20,22H,1,9-11,13-14H2,(H,26,30)(H,27,28)/t20-,22-/m0/s1. The van der Waals surface area contributed by atoms with E-state index in [1.807, 2.05) is 30.3 Å². The van der Waals surface area contributed by atoms with Gasteiger partial charge in [-0.15, -0.1) is 6.58 Å². The summed E-state index contributed by atoms with van der Waals surface area (Å²) in [6, 6.07) is 12.8. The number of hydrogen-bond donors (Lipinski definition) is 2. The summed E-state index contributed by atoms with van der Waals surface area (Å²) < 4.78 is 5.91. The molecule has 0 bridgehead atoms. The predicted molar refractivity (Wildman–Crippen MR) is 123 cm³/mol. The van der Waals surface area contributed by atoms with E-state index < -0.39 is 6.04 Å². The van der Waals surface area contributed by atoms with E-state index in [4.69, 9.17) is 27.9 Å². The van der Waals surface area contributed by atoms with Crippen LogP contribution in [0.15, 0.2) is 55.1 Å². The van der Waals surface area contributed by atoms with E-state index in [1.165, 1.54) is 0 Å². The summed E-state index contributed by atoms with van der Waals surface area (Å²) in [5.41, 5.74) is 2.74. The molecule has 0 unspecified atom stereocenters. The number of imidazole rings is 1. The first kappa shape index (κ1) is 21.8. The van der Waals surface area contributed by atoms with Gasteiger partial charge in [0.1, 0.15) is 11.9 Å². The van der Waals surface area contributed by atoms with Crippen molar-refractivity contribution in [2.75, 3.05) is 13.2 Å². The summed E-state index contributed by atoms with van der Waals surface area (Å²) in [5.74, 6) is 0.612. The monoisotopic (exact) mass is 458 g/mol. The van der Waals surface area contributed by atoms with E-state index in [2.05, 4.69) is 26.8 Å². The van der Waals surface area contributed by atoms with Crippen molar-refractivity contribution in [3.8, 4) is 0 Å². The minimum absolute atomic E-state index is 0.0999. The number of aromatic amines is 1. The van der Waals surface area contributed by atoms with E-state index in [-0.39, 0.29) is 12.0 Å². The van der Waals surface area contributed by atoms with Crippen LogP contribution in [0.5, 0.6) is 0 Å². The Hall–Kier alpha value is -2.38. The topological polar surface area (TPSA) is 70.2 Å². The molecule has 1 aliphatic rings. The molecule has 0 aliphatic carbocycles. The van der Waals surface area contributed by atoms with Crippen molar-refractivity contribution in [1.29, 1.82) is 0 Å². The Morgan fingerprint density at radius 3 is 2.94 bits per heavy atom. The molecule has 1 aromatic heterocycles. The number of aromatic nitrogens is 2. The maximum Gasteiger partial charge on any atom is 0.240 e. The molecule has 2 aromatic carbocycles. The third kappa shape index (κ3) is 5.10. The number of nitrogens with zero attached hydrogens (tertiary/aromatic N) is 2. The van der Waals surface area contributed by atoms with E-state index in [0.717, 1.165) is 29.6 Å². The molecule has 162 valence electrons. The molecule has 6 nitrogen and oxygen atoms in total. The molecular formula is C23H24Cl2N4O2. The highest BCUT2D eigenvalue weighted by Crippen LogP contribution is 2.28. The Kier molecular flexibility index (Phi) is 6.92. The Bertz CT molecular complexity index is 1050. The molecule has 1 amide bonds. The van der Waals surface area contributed by atoms with E-state index in [0.29, 0.717) is 35.6 Å². The zero-order valence-corrected chi connectivity index (χ0v) is 18.5. The van der Waals surface area contributed by atoms with Crippen LogP contribution in [-0.2, 0) is 22.6 Å². The van der Waals surface area contributed by atoms with Crippen LogP contribution in [0, 0.1) is 0 Å². The minimum atomic E-state index is -0.434. The number of carbonyl (C=O) groups is 1. The van der Waals surface area contributed by atoms with Crippen molar-refractivity contribution in [3.05, 3.63) is 76.6 Å². The lowest BCUT2D eigenvalue weighted by molar-refractivity contribution is -0.129. The highest BCUT2D eigenvalue weighted by atomic mass is 35.5. The number of H-pyrrole nitrogens is 1. The van der Waals surface area contributed by atoms with Gasteiger partial charge in [-0.25, -0.2) is 4.98 Å². The molecule has 0 saturated carbocycles. The van der Waals surface area contributed by atoms with Crippen LogP contribution in [0.3, 0.4) is 0 Å². The van der Waals surface area contributed by atoms with Gasteiger partial charge in [-0.3, -0.25) is 9.69 Å². The second-order valence-corrected chi connectivity index (χ2v) is 8.36. The Labute approximate surface area is 191 Å². The number of fused-ring (bicyclic) bond motifs is 1. The van der Waals surface area contributed by atoms with E-state index in [9.17, 15) is 4.79 Å². The van der Waals surface area contributed by atoms with Gasteiger partial charge >= 0.3 is 0 Å². The van der Waals surface area contributed by atoms with Gasteiger partial charge in [0, 0.05) is 23.1 Å².